The number of rotatable bonds is 2. The summed E-state index contributed by atoms with van der Waals surface area (Å²) in [6.07, 6.45) is 0. The molecule has 2 aromatic heterocycles. The maximum absolute atomic E-state index is 13.3. The van der Waals surface area contributed by atoms with Crippen LogP contribution in [-0.4, -0.2) is 9.97 Å². The van der Waals surface area contributed by atoms with E-state index in [-0.39, 0.29) is 5.82 Å². The number of fused-ring (bicyclic) bond motifs is 1. The Morgan fingerprint density at radius 3 is 2.84 bits per heavy atom. The summed E-state index contributed by atoms with van der Waals surface area (Å²) in [5.41, 5.74) is 3.20. The lowest BCUT2D eigenvalue weighted by Crippen LogP contribution is -2.09. The molecule has 0 unspecified atom stereocenters. The van der Waals surface area contributed by atoms with Gasteiger partial charge in [0.25, 0.3) is 0 Å². The summed E-state index contributed by atoms with van der Waals surface area (Å²) >= 11 is 1.55. The number of anilines is 1. The molecule has 3 aromatic rings. The van der Waals surface area contributed by atoms with Crippen LogP contribution in [0.2, 0.25) is 0 Å². The lowest BCUT2D eigenvalue weighted by atomic mass is 10.2. The van der Waals surface area contributed by atoms with E-state index in [1.807, 2.05) is 13.0 Å². The Kier molecular flexibility index (Phi) is 2.88. The van der Waals surface area contributed by atoms with Crippen LogP contribution in [0.25, 0.3) is 21.6 Å². The van der Waals surface area contributed by atoms with Crippen molar-refractivity contribution in [2.24, 2.45) is 5.84 Å². The number of thiophene rings is 1. The van der Waals surface area contributed by atoms with E-state index >= 15 is 0 Å². The zero-order valence-corrected chi connectivity index (χ0v) is 11.0. The van der Waals surface area contributed by atoms with Crippen LogP contribution in [0.4, 0.5) is 10.2 Å². The Morgan fingerprint density at radius 2 is 2.11 bits per heavy atom. The largest absolute Gasteiger partial charge is 0.308 e. The average molecular weight is 274 g/mol. The highest BCUT2D eigenvalue weighted by Gasteiger charge is 2.11. The predicted octanol–water partition coefficient (Wildman–Crippen LogP) is 3.09. The summed E-state index contributed by atoms with van der Waals surface area (Å²) in [5, 5.41) is 0.880. The number of hydrogen-bond acceptors (Lipinski definition) is 5. The van der Waals surface area contributed by atoms with Crippen molar-refractivity contribution in [3.05, 3.63) is 41.0 Å². The number of benzene rings is 1. The van der Waals surface area contributed by atoms with Gasteiger partial charge in [-0.2, -0.15) is 0 Å². The number of halogens is 1. The molecule has 0 aliphatic carbocycles. The van der Waals surface area contributed by atoms with Gasteiger partial charge in [-0.05, 0) is 25.1 Å². The van der Waals surface area contributed by atoms with Gasteiger partial charge in [0.2, 0.25) is 0 Å². The molecule has 6 heteroatoms. The van der Waals surface area contributed by atoms with Crippen LogP contribution in [0.1, 0.15) is 4.88 Å². The molecular weight excluding hydrogens is 263 g/mol. The molecule has 0 aliphatic rings. The van der Waals surface area contributed by atoms with Gasteiger partial charge in [-0.1, -0.05) is 12.1 Å². The number of hydrazine groups is 1. The van der Waals surface area contributed by atoms with E-state index in [0.717, 1.165) is 15.1 Å². The van der Waals surface area contributed by atoms with E-state index < -0.39 is 0 Å². The van der Waals surface area contributed by atoms with Gasteiger partial charge in [-0.25, -0.2) is 20.2 Å². The molecule has 0 atom stereocenters. The van der Waals surface area contributed by atoms with Crippen LogP contribution in [0.15, 0.2) is 30.3 Å². The predicted molar refractivity (Wildman–Crippen MR) is 75.4 cm³/mol. The number of aromatic nitrogens is 2. The molecular formula is C13H11FN4S. The van der Waals surface area contributed by atoms with Crippen LogP contribution in [0, 0.1) is 12.7 Å². The van der Waals surface area contributed by atoms with Crippen molar-refractivity contribution in [1.82, 2.24) is 9.97 Å². The van der Waals surface area contributed by atoms with E-state index in [9.17, 15) is 4.39 Å². The minimum absolute atomic E-state index is 0.314. The third-order valence-corrected chi connectivity index (χ3v) is 3.68. The normalized spacial score (nSPS) is 10.9. The molecule has 0 saturated heterocycles. The van der Waals surface area contributed by atoms with Crippen molar-refractivity contribution >= 4 is 27.4 Å². The van der Waals surface area contributed by atoms with Gasteiger partial charge in [-0.15, -0.1) is 11.3 Å². The standard InChI is InChI=1S/C13H11FN4S/c1-7-5-10-12(18-15)16-11(17-13(10)19-7)8-3-2-4-9(14)6-8/h2-6H,15H2,1H3,(H,16,17,18). The zero-order chi connectivity index (χ0) is 13.4. The third-order valence-electron chi connectivity index (χ3n) is 2.74. The van der Waals surface area contributed by atoms with Gasteiger partial charge in [0.05, 0.1) is 5.39 Å². The fourth-order valence-corrected chi connectivity index (χ4v) is 2.79. The van der Waals surface area contributed by atoms with E-state index in [1.54, 1.807) is 23.5 Å². The number of nitrogens with two attached hydrogens (primary N) is 1. The first-order valence-corrected chi connectivity index (χ1v) is 6.50. The second-order valence-corrected chi connectivity index (χ2v) is 5.36. The molecule has 0 bridgehead atoms. The Bertz CT molecular complexity index is 753. The van der Waals surface area contributed by atoms with Crippen LogP contribution < -0.4 is 11.3 Å². The Morgan fingerprint density at radius 1 is 1.26 bits per heavy atom. The molecule has 1 aromatic carbocycles. The monoisotopic (exact) mass is 274 g/mol. The molecule has 19 heavy (non-hydrogen) atoms. The average Bonchev–Trinajstić information content (AvgIpc) is 2.77. The van der Waals surface area contributed by atoms with Crippen LogP contribution in [-0.2, 0) is 0 Å². The summed E-state index contributed by atoms with van der Waals surface area (Å²) in [4.78, 5) is 10.8. The van der Waals surface area contributed by atoms with Crippen molar-refractivity contribution in [3.63, 3.8) is 0 Å². The Balaban J connectivity index is 2.24. The maximum atomic E-state index is 13.3. The highest BCUT2D eigenvalue weighted by Crippen LogP contribution is 2.30. The first-order chi connectivity index (χ1) is 9.17. The fourth-order valence-electron chi connectivity index (χ4n) is 1.91. The number of nitrogen functional groups attached to an aromatic ring is 1. The SMILES string of the molecule is Cc1cc2c(NN)nc(-c3cccc(F)c3)nc2s1. The van der Waals surface area contributed by atoms with Crippen LogP contribution in [0.3, 0.4) is 0 Å². The summed E-state index contributed by atoms with van der Waals surface area (Å²) < 4.78 is 13.3. The molecule has 0 fully saturated rings. The maximum Gasteiger partial charge on any atom is 0.163 e. The van der Waals surface area contributed by atoms with Crippen molar-refractivity contribution in [2.45, 2.75) is 6.92 Å². The molecule has 96 valence electrons. The summed E-state index contributed by atoms with van der Waals surface area (Å²) in [5.74, 6) is 6.19. The van der Waals surface area contributed by atoms with Gasteiger partial charge in [0, 0.05) is 10.4 Å². The summed E-state index contributed by atoms with van der Waals surface area (Å²) in [7, 11) is 0. The van der Waals surface area contributed by atoms with E-state index in [2.05, 4.69) is 15.4 Å². The molecule has 0 radical (unpaired) electrons. The molecule has 4 nitrogen and oxygen atoms in total. The fraction of sp³-hybridized carbons (Fsp3) is 0.0769. The van der Waals surface area contributed by atoms with E-state index in [0.29, 0.717) is 17.2 Å². The molecule has 0 aliphatic heterocycles. The highest BCUT2D eigenvalue weighted by molar-refractivity contribution is 7.18. The van der Waals surface area contributed by atoms with Crippen molar-refractivity contribution in [3.8, 4) is 11.4 Å². The Labute approximate surface area is 113 Å². The first-order valence-electron chi connectivity index (χ1n) is 5.68. The smallest absolute Gasteiger partial charge is 0.163 e. The van der Waals surface area contributed by atoms with Gasteiger partial charge in [-0.3, -0.25) is 0 Å². The van der Waals surface area contributed by atoms with Crippen LogP contribution >= 0.6 is 11.3 Å². The third kappa shape index (κ3) is 2.16. The summed E-state index contributed by atoms with van der Waals surface area (Å²) in [6.45, 7) is 1.99. The van der Waals surface area contributed by atoms with Crippen molar-refractivity contribution in [2.75, 3.05) is 5.43 Å². The summed E-state index contributed by atoms with van der Waals surface area (Å²) in [6, 6.07) is 8.17. The zero-order valence-electron chi connectivity index (χ0n) is 10.1. The number of aryl methyl sites for hydroxylation is 1. The lowest BCUT2D eigenvalue weighted by molar-refractivity contribution is 0.628. The minimum Gasteiger partial charge on any atom is -0.308 e. The molecule has 3 rings (SSSR count). The molecule has 0 spiro atoms. The first kappa shape index (κ1) is 12.0. The molecule has 2 heterocycles. The van der Waals surface area contributed by atoms with Gasteiger partial charge in [0.1, 0.15) is 10.6 Å². The van der Waals surface area contributed by atoms with E-state index in [1.165, 1.54) is 12.1 Å². The second-order valence-electron chi connectivity index (χ2n) is 4.13. The second kappa shape index (κ2) is 4.56. The number of nitrogens with one attached hydrogen (secondary N) is 1. The number of nitrogens with zero attached hydrogens (tertiary/aromatic N) is 2. The quantitative estimate of drug-likeness (QED) is 0.557. The lowest BCUT2D eigenvalue weighted by Gasteiger charge is -2.05. The molecule has 3 N–H and O–H groups in total. The molecule has 0 saturated carbocycles. The number of hydrogen-bond donors (Lipinski definition) is 2. The van der Waals surface area contributed by atoms with Crippen molar-refractivity contribution in [1.29, 1.82) is 0 Å². The van der Waals surface area contributed by atoms with Crippen molar-refractivity contribution < 1.29 is 4.39 Å². The minimum atomic E-state index is -0.314. The molecule has 0 amide bonds. The van der Waals surface area contributed by atoms with Gasteiger partial charge >= 0.3 is 0 Å². The van der Waals surface area contributed by atoms with Gasteiger partial charge in [0.15, 0.2) is 11.6 Å². The highest BCUT2D eigenvalue weighted by atomic mass is 32.1. The topological polar surface area (TPSA) is 63.8 Å². The van der Waals surface area contributed by atoms with E-state index in [4.69, 9.17) is 5.84 Å². The Hall–Kier alpha value is -2.05. The van der Waals surface area contributed by atoms with Crippen LogP contribution in [0.5, 0.6) is 0 Å². The van der Waals surface area contributed by atoms with Gasteiger partial charge < -0.3 is 5.43 Å².